The predicted molar refractivity (Wildman–Crippen MR) is 119 cm³/mol. The van der Waals surface area contributed by atoms with Crippen LogP contribution < -0.4 is 22.0 Å². The second-order valence-corrected chi connectivity index (χ2v) is 7.15. The Hall–Kier alpha value is -2.66. The second-order valence-electron chi connectivity index (χ2n) is 7.15. The number of nitrogens with two attached hydrogens (primary N) is 2. The van der Waals surface area contributed by atoms with Crippen molar-refractivity contribution < 1.29 is 0 Å². The first-order chi connectivity index (χ1) is 13.7. The molecule has 3 rings (SSSR count). The van der Waals surface area contributed by atoms with Crippen molar-refractivity contribution in [2.75, 3.05) is 12.3 Å². The molecule has 0 amide bonds. The molecule has 28 heavy (non-hydrogen) atoms. The summed E-state index contributed by atoms with van der Waals surface area (Å²) in [5, 5.41) is 2.17. The summed E-state index contributed by atoms with van der Waals surface area (Å²) < 4.78 is 2.30. The Morgan fingerprint density at radius 3 is 2.86 bits per heavy atom. The van der Waals surface area contributed by atoms with Gasteiger partial charge in [-0.3, -0.25) is 0 Å². The fourth-order valence-electron chi connectivity index (χ4n) is 3.57. The molecule has 0 aromatic carbocycles. The summed E-state index contributed by atoms with van der Waals surface area (Å²) in [6.45, 7) is 7.22. The second kappa shape index (κ2) is 9.51. The summed E-state index contributed by atoms with van der Waals surface area (Å²) in [6.07, 6.45) is 18.9. The number of nitrogens with zero attached hydrogens (tertiary/aromatic N) is 3. The zero-order valence-corrected chi connectivity index (χ0v) is 16.8. The van der Waals surface area contributed by atoms with Crippen molar-refractivity contribution in [1.82, 2.24) is 14.5 Å². The number of pyridine rings is 1. The number of aryl methyl sites for hydroxylation is 1. The minimum absolute atomic E-state index is 0.490. The lowest BCUT2D eigenvalue weighted by atomic mass is 10.2. The van der Waals surface area contributed by atoms with E-state index >= 15 is 0 Å². The molecule has 0 bridgehead atoms. The van der Waals surface area contributed by atoms with Crippen LogP contribution in [0.3, 0.4) is 0 Å². The van der Waals surface area contributed by atoms with E-state index in [-0.39, 0.29) is 0 Å². The highest BCUT2D eigenvalue weighted by Crippen LogP contribution is 2.19. The summed E-state index contributed by atoms with van der Waals surface area (Å²) in [5.41, 5.74) is 15.0. The molecule has 0 aliphatic heterocycles. The van der Waals surface area contributed by atoms with Gasteiger partial charge in [0, 0.05) is 24.7 Å². The Kier molecular flexibility index (Phi) is 6.82. The molecule has 0 unspecified atom stereocenters. The Morgan fingerprint density at radius 1 is 1.29 bits per heavy atom. The molecule has 0 atom stereocenters. The van der Waals surface area contributed by atoms with Gasteiger partial charge in [-0.1, -0.05) is 56.4 Å². The monoisotopic (exact) mass is 377 g/mol. The van der Waals surface area contributed by atoms with Gasteiger partial charge in [0.25, 0.3) is 0 Å². The van der Waals surface area contributed by atoms with E-state index in [9.17, 15) is 0 Å². The van der Waals surface area contributed by atoms with Crippen LogP contribution in [0.15, 0.2) is 36.5 Å². The van der Waals surface area contributed by atoms with Gasteiger partial charge in [0.15, 0.2) is 5.82 Å². The van der Waals surface area contributed by atoms with Gasteiger partial charge in [-0.15, -0.1) is 0 Å². The fourth-order valence-corrected chi connectivity index (χ4v) is 3.57. The van der Waals surface area contributed by atoms with Crippen molar-refractivity contribution in [1.29, 1.82) is 0 Å². The molecule has 4 N–H and O–H groups in total. The van der Waals surface area contributed by atoms with Crippen molar-refractivity contribution in [3.8, 4) is 0 Å². The van der Waals surface area contributed by atoms with Gasteiger partial charge >= 0.3 is 0 Å². The number of hydrogen-bond acceptors (Lipinski definition) is 4. The number of nitrogen functional groups attached to an aromatic ring is 1. The molecule has 2 aromatic heterocycles. The number of fused-ring (bicyclic) bond motifs is 3. The number of aromatic nitrogens is 3. The first-order valence-corrected chi connectivity index (χ1v) is 10.2. The molecule has 0 fully saturated rings. The standard InChI is InChI=1S/C23H31N5/c1-3-5-14-20-27-21-22(28(20)15-10-9-11-17(4-2)16-24)18-12-7-6-8-13-19(18)26-23(21)25/h4,9-13H,2-3,5-8,14-16,24H2,1H3,(H2,25,26)/b10-9+,17-11+. The van der Waals surface area contributed by atoms with Crippen LogP contribution in [0.1, 0.15) is 44.9 Å². The summed E-state index contributed by atoms with van der Waals surface area (Å²) in [5.74, 6) is 1.60. The highest BCUT2D eigenvalue weighted by Gasteiger charge is 2.15. The zero-order valence-electron chi connectivity index (χ0n) is 16.8. The first-order valence-electron chi connectivity index (χ1n) is 10.2. The zero-order chi connectivity index (χ0) is 19.9. The van der Waals surface area contributed by atoms with Crippen molar-refractivity contribution in [3.05, 3.63) is 52.8 Å². The van der Waals surface area contributed by atoms with Crippen LogP contribution >= 0.6 is 0 Å². The van der Waals surface area contributed by atoms with Gasteiger partial charge in [-0.05, 0) is 31.3 Å². The molecular formula is C23H31N5. The lowest BCUT2D eigenvalue weighted by molar-refractivity contribution is 0.696. The topological polar surface area (TPSA) is 82.8 Å². The first kappa shape index (κ1) is 20.1. The van der Waals surface area contributed by atoms with Crippen molar-refractivity contribution in [3.63, 3.8) is 0 Å². The van der Waals surface area contributed by atoms with E-state index < -0.39 is 0 Å². The normalized spacial score (nSPS) is 14.6. The Labute approximate surface area is 166 Å². The molecule has 0 saturated carbocycles. The molecule has 0 saturated heterocycles. The fraction of sp³-hybridized carbons (Fsp3) is 0.391. The van der Waals surface area contributed by atoms with Crippen LogP contribution in [0.4, 0.5) is 5.82 Å². The molecule has 2 heterocycles. The molecule has 1 aliphatic rings. The molecule has 5 nitrogen and oxygen atoms in total. The van der Waals surface area contributed by atoms with Gasteiger partial charge < -0.3 is 16.0 Å². The van der Waals surface area contributed by atoms with Crippen LogP contribution in [0, 0.1) is 0 Å². The highest BCUT2D eigenvalue weighted by atomic mass is 15.1. The minimum atomic E-state index is 0.490. The third kappa shape index (κ3) is 4.25. The lowest BCUT2D eigenvalue weighted by Crippen LogP contribution is -2.31. The van der Waals surface area contributed by atoms with Gasteiger partial charge in [0.05, 0.1) is 10.9 Å². The van der Waals surface area contributed by atoms with Crippen molar-refractivity contribution in [2.45, 2.75) is 52.0 Å². The van der Waals surface area contributed by atoms with Gasteiger partial charge in [0.1, 0.15) is 11.3 Å². The average molecular weight is 378 g/mol. The number of anilines is 1. The number of imidazole rings is 1. The molecule has 148 valence electrons. The molecule has 1 aliphatic carbocycles. The van der Waals surface area contributed by atoms with E-state index in [2.05, 4.69) is 41.3 Å². The van der Waals surface area contributed by atoms with Crippen molar-refractivity contribution >= 4 is 29.0 Å². The quantitative estimate of drug-likeness (QED) is 0.693. The summed E-state index contributed by atoms with van der Waals surface area (Å²) >= 11 is 0. The Morgan fingerprint density at radius 2 is 2.11 bits per heavy atom. The number of rotatable bonds is 8. The summed E-state index contributed by atoms with van der Waals surface area (Å²) in [7, 11) is 0. The van der Waals surface area contributed by atoms with Crippen LogP contribution in [0.25, 0.3) is 23.2 Å². The van der Waals surface area contributed by atoms with Crippen LogP contribution in [-0.2, 0) is 13.0 Å². The SMILES string of the molecule is C=C/C(=C\C=C\Cn1c(CCCC)nc2c(N)nc3c(c21)=CCCCC=3)CN. The maximum absolute atomic E-state index is 6.30. The minimum Gasteiger partial charge on any atom is -0.382 e. The third-order valence-corrected chi connectivity index (χ3v) is 5.14. The van der Waals surface area contributed by atoms with Crippen molar-refractivity contribution in [2.24, 2.45) is 5.73 Å². The van der Waals surface area contributed by atoms with Crippen LogP contribution in [-0.4, -0.2) is 21.1 Å². The highest BCUT2D eigenvalue weighted by molar-refractivity contribution is 5.86. The molecular weight excluding hydrogens is 346 g/mol. The lowest BCUT2D eigenvalue weighted by Gasteiger charge is -2.07. The number of allylic oxidation sites excluding steroid dienone is 3. The Balaban J connectivity index is 2.14. The smallest absolute Gasteiger partial charge is 0.152 e. The van der Waals surface area contributed by atoms with Gasteiger partial charge in [0.2, 0.25) is 0 Å². The van der Waals surface area contributed by atoms with E-state index in [0.717, 1.165) is 72.8 Å². The molecule has 5 heteroatoms. The van der Waals surface area contributed by atoms with E-state index in [1.54, 1.807) is 6.08 Å². The van der Waals surface area contributed by atoms with Crippen LogP contribution in [0.5, 0.6) is 0 Å². The third-order valence-electron chi connectivity index (χ3n) is 5.14. The molecule has 2 aromatic rings. The van der Waals surface area contributed by atoms with Crippen LogP contribution in [0.2, 0.25) is 0 Å². The van der Waals surface area contributed by atoms with E-state index in [1.165, 1.54) is 5.22 Å². The molecule has 0 radical (unpaired) electrons. The van der Waals surface area contributed by atoms with E-state index in [1.807, 2.05) is 12.2 Å². The molecule has 0 spiro atoms. The number of unbranched alkanes of at least 4 members (excludes halogenated alkanes) is 1. The predicted octanol–water partition coefficient (Wildman–Crippen LogP) is 2.73. The van der Waals surface area contributed by atoms with Gasteiger partial charge in [-0.2, -0.15) is 0 Å². The number of hydrogen-bond donors (Lipinski definition) is 2. The maximum atomic E-state index is 6.30. The van der Waals surface area contributed by atoms with E-state index in [0.29, 0.717) is 12.4 Å². The van der Waals surface area contributed by atoms with Gasteiger partial charge in [-0.25, -0.2) is 9.97 Å². The largest absolute Gasteiger partial charge is 0.382 e. The summed E-state index contributed by atoms with van der Waals surface area (Å²) in [6, 6.07) is 0. The Bertz CT molecular complexity index is 1020. The summed E-state index contributed by atoms with van der Waals surface area (Å²) in [4.78, 5) is 9.53. The average Bonchev–Trinajstić information content (AvgIpc) is 2.90. The van der Waals surface area contributed by atoms with E-state index in [4.69, 9.17) is 16.5 Å². The maximum Gasteiger partial charge on any atom is 0.152 e.